The number of furan rings is 1. The molecule has 4 heteroatoms. The summed E-state index contributed by atoms with van der Waals surface area (Å²) in [6.45, 7) is 8.16. The number of carbonyl (C=O) groups is 1. The fraction of sp³-hybridized carbons (Fsp3) is 0.750. The molecule has 0 radical (unpaired) electrons. The quantitative estimate of drug-likeness (QED) is 0.892. The zero-order valence-electron chi connectivity index (χ0n) is 15.3. The lowest BCUT2D eigenvalue weighted by Crippen LogP contribution is -2.40. The van der Waals surface area contributed by atoms with Crippen LogP contribution in [0.5, 0.6) is 0 Å². The van der Waals surface area contributed by atoms with Gasteiger partial charge in [-0.3, -0.25) is 9.69 Å². The number of piperidine rings is 1. The molecule has 1 amide bonds. The molecule has 134 valence electrons. The van der Waals surface area contributed by atoms with E-state index in [1.165, 1.54) is 37.7 Å². The second-order valence-corrected chi connectivity index (χ2v) is 7.74. The van der Waals surface area contributed by atoms with E-state index in [1.54, 1.807) is 0 Å². The minimum absolute atomic E-state index is 0.283. The molecule has 1 aromatic rings. The van der Waals surface area contributed by atoms with Gasteiger partial charge in [-0.05, 0) is 64.6 Å². The summed E-state index contributed by atoms with van der Waals surface area (Å²) in [5.41, 5.74) is 1.32. The maximum atomic E-state index is 12.3. The second kappa shape index (κ2) is 8.19. The first-order valence-corrected chi connectivity index (χ1v) is 9.68. The number of rotatable bonds is 5. The van der Waals surface area contributed by atoms with E-state index in [1.807, 2.05) is 6.92 Å². The molecule has 0 unspecified atom stereocenters. The molecule has 0 spiro atoms. The van der Waals surface area contributed by atoms with Gasteiger partial charge in [-0.1, -0.05) is 19.3 Å². The third-order valence-corrected chi connectivity index (χ3v) is 5.79. The normalized spacial score (nSPS) is 21.1. The zero-order valence-corrected chi connectivity index (χ0v) is 15.3. The molecule has 4 nitrogen and oxygen atoms in total. The summed E-state index contributed by atoms with van der Waals surface area (Å²) in [5.74, 6) is 3.28. The van der Waals surface area contributed by atoms with Crippen molar-refractivity contribution in [1.82, 2.24) is 10.2 Å². The Balaban J connectivity index is 1.37. The van der Waals surface area contributed by atoms with Crippen molar-refractivity contribution in [3.63, 3.8) is 0 Å². The van der Waals surface area contributed by atoms with Gasteiger partial charge >= 0.3 is 0 Å². The van der Waals surface area contributed by atoms with Gasteiger partial charge in [0, 0.05) is 24.6 Å². The molecule has 1 N–H and O–H groups in total. The topological polar surface area (TPSA) is 45.5 Å². The molecule has 2 aliphatic rings. The number of hydrogen-bond acceptors (Lipinski definition) is 3. The monoisotopic (exact) mass is 332 g/mol. The Morgan fingerprint density at radius 1 is 1.17 bits per heavy atom. The van der Waals surface area contributed by atoms with Crippen LogP contribution in [0.2, 0.25) is 0 Å². The zero-order chi connectivity index (χ0) is 16.9. The number of nitrogens with one attached hydrogen (secondary N) is 1. The SMILES string of the molecule is Cc1cc(CN2CCC(CNC(=O)C3CCCCC3)CC2)c(C)o1. The van der Waals surface area contributed by atoms with Crippen molar-refractivity contribution in [2.24, 2.45) is 11.8 Å². The number of nitrogens with zero attached hydrogens (tertiary/aromatic N) is 1. The summed E-state index contributed by atoms with van der Waals surface area (Å²) >= 11 is 0. The molecule has 1 aliphatic carbocycles. The molecule has 0 atom stereocenters. The standard InChI is InChI=1S/C20H32N2O2/c1-15-12-19(16(2)24-15)14-22-10-8-17(9-11-22)13-21-20(23)18-6-4-3-5-7-18/h12,17-18H,3-11,13-14H2,1-2H3,(H,21,23). The molecular formula is C20H32N2O2. The molecule has 2 heterocycles. The Kier molecular flexibility index (Phi) is 5.99. The lowest BCUT2D eigenvalue weighted by molar-refractivity contribution is -0.126. The van der Waals surface area contributed by atoms with E-state index in [0.29, 0.717) is 11.8 Å². The van der Waals surface area contributed by atoms with Crippen LogP contribution < -0.4 is 5.32 Å². The summed E-state index contributed by atoms with van der Waals surface area (Å²) in [6, 6.07) is 2.16. The minimum atomic E-state index is 0.283. The minimum Gasteiger partial charge on any atom is -0.466 e. The van der Waals surface area contributed by atoms with Crippen LogP contribution in [0.15, 0.2) is 10.5 Å². The average molecular weight is 332 g/mol. The van der Waals surface area contributed by atoms with E-state index in [0.717, 1.165) is 50.5 Å². The highest BCUT2D eigenvalue weighted by Gasteiger charge is 2.24. The molecule has 0 bridgehead atoms. The van der Waals surface area contributed by atoms with E-state index in [-0.39, 0.29) is 5.92 Å². The first-order chi connectivity index (χ1) is 11.6. The highest BCUT2D eigenvalue weighted by Crippen LogP contribution is 2.24. The number of aryl methyl sites for hydroxylation is 2. The van der Waals surface area contributed by atoms with Gasteiger partial charge in [0.2, 0.25) is 5.91 Å². The van der Waals surface area contributed by atoms with Crippen molar-refractivity contribution in [3.8, 4) is 0 Å². The summed E-state index contributed by atoms with van der Waals surface area (Å²) in [7, 11) is 0. The molecule has 3 rings (SSSR count). The Morgan fingerprint density at radius 2 is 1.88 bits per heavy atom. The van der Waals surface area contributed by atoms with Gasteiger partial charge in [0.25, 0.3) is 0 Å². The molecule has 0 aromatic carbocycles. The summed E-state index contributed by atoms with van der Waals surface area (Å²) in [5, 5.41) is 3.23. The van der Waals surface area contributed by atoms with Crippen LogP contribution in [0.3, 0.4) is 0 Å². The Bertz CT molecular complexity index is 538. The maximum Gasteiger partial charge on any atom is 0.223 e. The van der Waals surface area contributed by atoms with Gasteiger partial charge in [-0.2, -0.15) is 0 Å². The van der Waals surface area contributed by atoms with Crippen LogP contribution in [0, 0.1) is 25.7 Å². The number of hydrogen-bond donors (Lipinski definition) is 1. The van der Waals surface area contributed by atoms with Crippen molar-refractivity contribution in [3.05, 3.63) is 23.2 Å². The van der Waals surface area contributed by atoms with E-state index < -0.39 is 0 Å². The van der Waals surface area contributed by atoms with Gasteiger partial charge < -0.3 is 9.73 Å². The van der Waals surface area contributed by atoms with Crippen molar-refractivity contribution in [2.45, 2.75) is 65.3 Å². The molecule has 1 saturated heterocycles. The second-order valence-electron chi connectivity index (χ2n) is 7.74. The van der Waals surface area contributed by atoms with Crippen LogP contribution >= 0.6 is 0 Å². The lowest BCUT2D eigenvalue weighted by atomic mass is 9.88. The van der Waals surface area contributed by atoms with Crippen LogP contribution in [0.25, 0.3) is 0 Å². The van der Waals surface area contributed by atoms with E-state index >= 15 is 0 Å². The van der Waals surface area contributed by atoms with Crippen molar-refractivity contribution < 1.29 is 9.21 Å². The third kappa shape index (κ3) is 4.62. The average Bonchev–Trinajstić information content (AvgIpc) is 2.92. The van der Waals surface area contributed by atoms with Crippen LogP contribution in [0.1, 0.15) is 62.0 Å². The molecule has 24 heavy (non-hydrogen) atoms. The summed E-state index contributed by atoms with van der Waals surface area (Å²) in [6.07, 6.45) is 8.30. The summed E-state index contributed by atoms with van der Waals surface area (Å²) < 4.78 is 5.63. The van der Waals surface area contributed by atoms with Crippen molar-refractivity contribution in [1.29, 1.82) is 0 Å². The Labute approximate surface area is 146 Å². The highest BCUT2D eigenvalue weighted by atomic mass is 16.3. The van der Waals surface area contributed by atoms with Crippen LogP contribution in [0.4, 0.5) is 0 Å². The fourth-order valence-corrected chi connectivity index (χ4v) is 4.18. The number of amides is 1. The Hall–Kier alpha value is -1.29. The smallest absolute Gasteiger partial charge is 0.223 e. The molecule has 2 fully saturated rings. The predicted molar refractivity (Wildman–Crippen MR) is 95.8 cm³/mol. The predicted octanol–water partition coefficient (Wildman–Crippen LogP) is 3.80. The van der Waals surface area contributed by atoms with Crippen molar-refractivity contribution >= 4 is 5.91 Å². The number of carbonyl (C=O) groups excluding carboxylic acids is 1. The Morgan fingerprint density at radius 3 is 2.50 bits per heavy atom. The highest BCUT2D eigenvalue weighted by molar-refractivity contribution is 5.78. The largest absolute Gasteiger partial charge is 0.466 e. The van der Waals surface area contributed by atoms with E-state index in [2.05, 4.69) is 23.2 Å². The van der Waals surface area contributed by atoms with E-state index in [9.17, 15) is 4.79 Å². The van der Waals surface area contributed by atoms with Crippen LogP contribution in [-0.2, 0) is 11.3 Å². The first kappa shape index (κ1) is 17.5. The summed E-state index contributed by atoms with van der Waals surface area (Å²) in [4.78, 5) is 14.8. The molecular weight excluding hydrogens is 300 g/mol. The molecule has 1 aromatic heterocycles. The van der Waals surface area contributed by atoms with Gasteiger partial charge in [0.1, 0.15) is 11.5 Å². The van der Waals surface area contributed by atoms with Gasteiger partial charge in [-0.15, -0.1) is 0 Å². The molecule has 1 saturated carbocycles. The van der Waals surface area contributed by atoms with Gasteiger partial charge in [-0.25, -0.2) is 0 Å². The molecule has 1 aliphatic heterocycles. The van der Waals surface area contributed by atoms with Gasteiger partial charge in [0.05, 0.1) is 0 Å². The lowest BCUT2D eigenvalue weighted by Gasteiger charge is -2.32. The number of likely N-dealkylation sites (tertiary alicyclic amines) is 1. The van der Waals surface area contributed by atoms with Gasteiger partial charge in [0.15, 0.2) is 0 Å². The maximum absolute atomic E-state index is 12.3. The fourth-order valence-electron chi connectivity index (χ4n) is 4.18. The van der Waals surface area contributed by atoms with E-state index in [4.69, 9.17) is 4.42 Å². The van der Waals surface area contributed by atoms with Crippen LogP contribution in [-0.4, -0.2) is 30.4 Å². The first-order valence-electron chi connectivity index (χ1n) is 9.68. The van der Waals surface area contributed by atoms with Crippen molar-refractivity contribution in [2.75, 3.05) is 19.6 Å². The third-order valence-electron chi connectivity index (χ3n) is 5.79.